The van der Waals surface area contributed by atoms with Gasteiger partial charge in [-0.1, -0.05) is 17.7 Å². The Hall–Kier alpha value is -1.55. The summed E-state index contributed by atoms with van der Waals surface area (Å²) in [6.45, 7) is 4.45. The predicted octanol–water partition coefficient (Wildman–Crippen LogP) is 2.23. The van der Waals surface area contributed by atoms with Crippen LogP contribution in [0.1, 0.15) is 26.7 Å². The molecular weight excluding hydrogens is 230 g/mol. The molecule has 100 valence electrons. The van der Waals surface area contributed by atoms with E-state index in [4.69, 9.17) is 15.6 Å². The number of carboxylic acids is 1. The third kappa shape index (κ3) is 4.37. The molecule has 4 nitrogen and oxygen atoms in total. The van der Waals surface area contributed by atoms with Crippen molar-refractivity contribution in [3.05, 3.63) is 35.6 Å². The highest BCUT2D eigenvalue weighted by Crippen LogP contribution is 2.22. The minimum Gasteiger partial charge on any atom is -0.494 e. The number of rotatable bonds is 4. The number of carbonyl (C=O) groups is 1. The summed E-state index contributed by atoms with van der Waals surface area (Å²) in [4.78, 5) is 10.9. The van der Waals surface area contributed by atoms with Gasteiger partial charge in [0.2, 0.25) is 0 Å². The number of aliphatic carboxylic acids is 1. The van der Waals surface area contributed by atoms with Gasteiger partial charge in [-0.3, -0.25) is 4.79 Å². The second-order valence-corrected chi connectivity index (χ2v) is 4.42. The summed E-state index contributed by atoms with van der Waals surface area (Å²) in [5.74, 6) is -0.176. The van der Waals surface area contributed by atoms with Gasteiger partial charge in [-0.15, -0.1) is 0 Å². The van der Waals surface area contributed by atoms with Crippen molar-refractivity contribution >= 4 is 5.97 Å². The molecule has 0 spiro atoms. The summed E-state index contributed by atoms with van der Waals surface area (Å²) in [6, 6.07) is -0.178. The third-order valence-corrected chi connectivity index (χ3v) is 3.01. The van der Waals surface area contributed by atoms with Gasteiger partial charge in [0.05, 0.1) is 13.0 Å². The van der Waals surface area contributed by atoms with Crippen LogP contribution in [-0.2, 0) is 9.53 Å². The van der Waals surface area contributed by atoms with Gasteiger partial charge in [-0.05, 0) is 32.4 Å². The first-order chi connectivity index (χ1) is 8.54. The van der Waals surface area contributed by atoms with E-state index in [1.807, 2.05) is 38.2 Å². The molecule has 18 heavy (non-hydrogen) atoms. The van der Waals surface area contributed by atoms with Crippen molar-refractivity contribution in [3.63, 3.8) is 0 Å². The van der Waals surface area contributed by atoms with Gasteiger partial charge in [0.15, 0.2) is 0 Å². The Morgan fingerprint density at radius 1 is 1.56 bits per heavy atom. The van der Waals surface area contributed by atoms with Gasteiger partial charge in [0.25, 0.3) is 0 Å². The lowest BCUT2D eigenvalue weighted by Gasteiger charge is -2.21. The zero-order valence-electron chi connectivity index (χ0n) is 10.9. The fourth-order valence-electron chi connectivity index (χ4n) is 2.00. The van der Waals surface area contributed by atoms with Crippen LogP contribution in [0, 0.1) is 5.92 Å². The smallest absolute Gasteiger partial charge is 0.304 e. The number of hydrogen-bond donors (Lipinski definition) is 2. The molecule has 1 aliphatic carbocycles. The Balaban J connectivity index is 2.94. The molecule has 0 heterocycles. The van der Waals surface area contributed by atoms with Crippen LogP contribution in [0.3, 0.4) is 0 Å². The summed E-state index contributed by atoms with van der Waals surface area (Å²) in [6.07, 6.45) is 8.29. The second-order valence-electron chi connectivity index (χ2n) is 4.42. The molecule has 3 N–H and O–H groups in total. The molecule has 4 heteroatoms. The summed E-state index contributed by atoms with van der Waals surface area (Å²) in [7, 11) is 0. The molecule has 0 aromatic carbocycles. The van der Waals surface area contributed by atoms with Crippen molar-refractivity contribution < 1.29 is 14.6 Å². The molecule has 2 unspecified atom stereocenters. The molecular formula is C14H21NO3. The molecule has 2 atom stereocenters. The van der Waals surface area contributed by atoms with Gasteiger partial charge in [-0.2, -0.15) is 0 Å². The van der Waals surface area contributed by atoms with E-state index < -0.39 is 5.97 Å². The monoisotopic (exact) mass is 251 g/mol. The van der Waals surface area contributed by atoms with E-state index in [2.05, 4.69) is 0 Å². The van der Waals surface area contributed by atoms with Crippen LogP contribution >= 0.6 is 0 Å². The molecule has 0 aromatic rings. The topological polar surface area (TPSA) is 72.5 Å². The number of carboxylic acid groups (broad SMARTS) is 1. The zero-order chi connectivity index (χ0) is 13.5. The molecule has 0 saturated heterocycles. The maximum Gasteiger partial charge on any atom is 0.304 e. The fourth-order valence-corrected chi connectivity index (χ4v) is 2.00. The summed E-state index contributed by atoms with van der Waals surface area (Å²) < 4.78 is 5.45. The quantitative estimate of drug-likeness (QED) is 0.803. The largest absolute Gasteiger partial charge is 0.494 e. The molecule has 0 aromatic heterocycles. The Morgan fingerprint density at radius 3 is 2.89 bits per heavy atom. The van der Waals surface area contributed by atoms with Crippen molar-refractivity contribution in [1.29, 1.82) is 0 Å². The predicted molar refractivity (Wildman–Crippen MR) is 70.9 cm³/mol. The van der Waals surface area contributed by atoms with E-state index >= 15 is 0 Å². The molecule has 0 amide bonds. The Labute approximate surface area is 108 Å². The van der Waals surface area contributed by atoms with E-state index in [0.29, 0.717) is 13.0 Å². The first-order valence-electron chi connectivity index (χ1n) is 6.19. The zero-order valence-corrected chi connectivity index (χ0v) is 10.9. The normalized spacial score (nSPS) is 31.9. The number of nitrogens with two attached hydrogens (primary N) is 1. The van der Waals surface area contributed by atoms with Crippen molar-refractivity contribution in [2.24, 2.45) is 11.7 Å². The fraction of sp³-hybridized carbons (Fsp3) is 0.500. The lowest BCUT2D eigenvalue weighted by atomic mass is 9.88. The lowest BCUT2D eigenvalue weighted by molar-refractivity contribution is -0.138. The average molecular weight is 251 g/mol. The maximum absolute atomic E-state index is 10.9. The van der Waals surface area contributed by atoms with Gasteiger partial charge in [0.1, 0.15) is 5.76 Å². The van der Waals surface area contributed by atoms with Gasteiger partial charge < -0.3 is 15.6 Å². The highest BCUT2D eigenvalue weighted by atomic mass is 16.5. The van der Waals surface area contributed by atoms with Crippen molar-refractivity contribution in [1.82, 2.24) is 0 Å². The van der Waals surface area contributed by atoms with E-state index in [1.54, 1.807) is 0 Å². The number of allylic oxidation sites excluding steroid dienone is 3. The highest BCUT2D eigenvalue weighted by molar-refractivity contribution is 5.67. The summed E-state index contributed by atoms with van der Waals surface area (Å²) in [5, 5.41) is 8.93. The Kier molecular flexibility index (Phi) is 5.65. The van der Waals surface area contributed by atoms with Gasteiger partial charge in [0, 0.05) is 12.0 Å². The maximum atomic E-state index is 10.9. The van der Waals surface area contributed by atoms with Gasteiger partial charge >= 0.3 is 5.97 Å². The molecule has 0 radical (unpaired) electrons. The summed E-state index contributed by atoms with van der Waals surface area (Å²) >= 11 is 0. The van der Waals surface area contributed by atoms with E-state index in [9.17, 15) is 4.79 Å². The SMILES string of the molecule is CCOC1=C/C=C(\C)C(CC(=O)O)C(N)C\C=C\1. The van der Waals surface area contributed by atoms with Crippen LogP contribution in [0.2, 0.25) is 0 Å². The Bertz CT molecular complexity index is 383. The van der Waals surface area contributed by atoms with Gasteiger partial charge in [-0.25, -0.2) is 0 Å². The van der Waals surface area contributed by atoms with Crippen LogP contribution in [0.4, 0.5) is 0 Å². The van der Waals surface area contributed by atoms with Crippen molar-refractivity contribution in [2.75, 3.05) is 6.61 Å². The van der Waals surface area contributed by atoms with E-state index in [0.717, 1.165) is 11.3 Å². The summed E-state index contributed by atoms with van der Waals surface area (Å²) in [5.41, 5.74) is 7.03. The molecule has 1 rings (SSSR count). The van der Waals surface area contributed by atoms with Crippen LogP contribution in [-0.4, -0.2) is 23.7 Å². The van der Waals surface area contributed by atoms with Crippen LogP contribution in [0.25, 0.3) is 0 Å². The van der Waals surface area contributed by atoms with Crippen LogP contribution in [0.15, 0.2) is 35.6 Å². The third-order valence-electron chi connectivity index (χ3n) is 3.01. The minimum absolute atomic E-state index is 0.0646. The minimum atomic E-state index is -0.819. The lowest BCUT2D eigenvalue weighted by Crippen LogP contribution is -2.32. The van der Waals surface area contributed by atoms with Crippen LogP contribution < -0.4 is 5.73 Å². The highest BCUT2D eigenvalue weighted by Gasteiger charge is 2.22. The Morgan fingerprint density at radius 2 is 2.28 bits per heavy atom. The molecule has 0 fully saturated rings. The van der Waals surface area contributed by atoms with Crippen molar-refractivity contribution in [3.8, 4) is 0 Å². The first kappa shape index (κ1) is 14.5. The molecule has 1 aliphatic rings. The van der Waals surface area contributed by atoms with E-state index in [1.165, 1.54) is 0 Å². The second kappa shape index (κ2) is 7.01. The van der Waals surface area contributed by atoms with E-state index in [-0.39, 0.29) is 18.4 Å². The van der Waals surface area contributed by atoms with Crippen molar-refractivity contribution in [2.45, 2.75) is 32.7 Å². The number of ether oxygens (including phenoxy) is 1. The average Bonchev–Trinajstić information content (AvgIpc) is 2.36. The number of hydrogen-bond acceptors (Lipinski definition) is 3. The van der Waals surface area contributed by atoms with Crippen LogP contribution in [0.5, 0.6) is 0 Å². The first-order valence-corrected chi connectivity index (χ1v) is 6.19. The molecule has 0 bridgehead atoms. The molecule has 0 aliphatic heterocycles. The standard InChI is InChI=1S/C14H21NO3/c1-3-18-11-5-4-6-13(15)12(9-14(16)17)10(2)7-8-11/h4-5,7-8,12-13H,3,6,9,15H2,1-2H3,(H,16,17)/b5-4+,10-7+,11-8+. The molecule has 0 saturated carbocycles.